The van der Waals surface area contributed by atoms with Crippen LogP contribution < -0.4 is 0 Å². The molecule has 0 amide bonds. The summed E-state index contributed by atoms with van der Waals surface area (Å²) < 4.78 is 60.2. The van der Waals surface area contributed by atoms with Gasteiger partial charge in [0.2, 0.25) is 0 Å². The lowest BCUT2D eigenvalue weighted by Crippen LogP contribution is -2.62. The first-order valence-electron chi connectivity index (χ1n) is 25.2. The molecule has 0 aromatic carbocycles. The standard InChI is InChI=1S/C49H76O19/c1-22-43(66-38-18-33(53)44(23(2)61-38)67-39-19-34(63-25(4)51)45(24(3)62-39)68-46-42(57)41(56)40(55)35(20-50)65-46)32(52)17-37(60-22)64-28-9-12-47(5)27(16-28)7-8-31-30(47)10-13-48(6)29(11-14-49(31,48)58)26-15-36(54)59-21-26/h15,22-24,27-35,37-46,50,52-53,55-58H,7-14,16-21H2,1-6H3/t22-,23-,24-,27+,28+,29+,30-,31+,32+,33+,34+,35+,37-,38-,39-,40+,41-,42+,43+,44+,45+,46-,47+,48+,49+/m1/s1. The molecule has 19 nitrogen and oxygen atoms in total. The zero-order valence-corrected chi connectivity index (χ0v) is 40.2. The van der Waals surface area contributed by atoms with E-state index in [0.29, 0.717) is 18.4 Å². The minimum Gasteiger partial charge on any atom is -0.459 e. The third-order valence-corrected chi connectivity index (χ3v) is 18.3. The molecule has 9 rings (SSSR count). The van der Waals surface area contributed by atoms with E-state index in [1.54, 1.807) is 19.9 Å². The Balaban J connectivity index is 0.746. The quantitative estimate of drug-likeness (QED) is 0.115. The highest BCUT2D eigenvalue weighted by atomic mass is 16.8. The Bertz CT molecular complexity index is 1810. The van der Waals surface area contributed by atoms with Crippen LogP contribution in [-0.2, 0) is 57.0 Å². The van der Waals surface area contributed by atoms with Gasteiger partial charge in [-0.3, -0.25) is 4.79 Å². The van der Waals surface area contributed by atoms with Crippen molar-refractivity contribution < 1.29 is 92.7 Å². The molecule has 25 atom stereocenters. The fraction of sp³-hybridized carbons (Fsp3) is 0.918. The summed E-state index contributed by atoms with van der Waals surface area (Å²) in [6.45, 7) is 10.8. The molecule has 5 aliphatic heterocycles. The van der Waals surface area contributed by atoms with Gasteiger partial charge in [-0.15, -0.1) is 0 Å². The second-order valence-electron chi connectivity index (χ2n) is 22.1. The summed E-state index contributed by atoms with van der Waals surface area (Å²) in [4.78, 5) is 24.2. The van der Waals surface area contributed by atoms with Gasteiger partial charge in [-0.05, 0) is 113 Å². The summed E-state index contributed by atoms with van der Waals surface area (Å²) in [5.41, 5.74) is 0.0925. The van der Waals surface area contributed by atoms with Gasteiger partial charge in [0.05, 0.1) is 48.8 Å². The Labute approximate surface area is 398 Å². The van der Waals surface area contributed by atoms with Gasteiger partial charge in [-0.2, -0.15) is 0 Å². The molecule has 19 heteroatoms. The molecular weight excluding hydrogens is 893 g/mol. The zero-order valence-electron chi connectivity index (χ0n) is 40.2. The molecular formula is C49H76O19. The number of aliphatic hydroxyl groups is 7. The maximum absolute atomic E-state index is 12.6. The zero-order chi connectivity index (χ0) is 48.6. The molecule has 9 aliphatic rings. The molecule has 8 fully saturated rings. The van der Waals surface area contributed by atoms with E-state index in [-0.39, 0.29) is 54.0 Å². The van der Waals surface area contributed by atoms with Crippen molar-refractivity contribution in [3.8, 4) is 0 Å². The van der Waals surface area contributed by atoms with Crippen LogP contribution in [0.5, 0.6) is 0 Å². The van der Waals surface area contributed by atoms with Crippen LogP contribution in [0.15, 0.2) is 11.6 Å². The van der Waals surface area contributed by atoms with Crippen molar-refractivity contribution >= 4 is 11.9 Å². The van der Waals surface area contributed by atoms with Crippen molar-refractivity contribution in [1.82, 2.24) is 0 Å². The number of hydrogen-bond acceptors (Lipinski definition) is 19. The van der Waals surface area contributed by atoms with Crippen LogP contribution in [0.1, 0.15) is 119 Å². The van der Waals surface area contributed by atoms with Crippen LogP contribution in [0.4, 0.5) is 0 Å². The monoisotopic (exact) mass is 968 g/mol. The Kier molecular flexibility index (Phi) is 14.9. The molecule has 4 saturated carbocycles. The van der Waals surface area contributed by atoms with Crippen LogP contribution in [0.2, 0.25) is 0 Å². The molecule has 7 N–H and O–H groups in total. The van der Waals surface area contributed by atoms with Crippen molar-refractivity contribution in [2.24, 2.45) is 34.5 Å². The molecule has 386 valence electrons. The first-order valence-corrected chi connectivity index (χ1v) is 25.2. The van der Waals surface area contributed by atoms with Gasteiger partial charge in [0.15, 0.2) is 25.2 Å². The summed E-state index contributed by atoms with van der Waals surface area (Å²) in [6.07, 6.45) is -7.65. The van der Waals surface area contributed by atoms with Gasteiger partial charge in [-0.25, -0.2) is 4.79 Å². The number of aliphatic hydroxyl groups excluding tert-OH is 6. The number of carbonyl (C=O) groups is 2. The second-order valence-corrected chi connectivity index (χ2v) is 22.1. The van der Waals surface area contributed by atoms with Crippen LogP contribution in [0.25, 0.3) is 0 Å². The van der Waals surface area contributed by atoms with Crippen LogP contribution in [-0.4, -0.2) is 177 Å². The lowest BCUT2D eigenvalue weighted by Gasteiger charge is -2.64. The predicted octanol–water partition coefficient (Wildman–Crippen LogP) is 1.64. The fourth-order valence-corrected chi connectivity index (χ4v) is 14.6. The molecule has 5 heterocycles. The van der Waals surface area contributed by atoms with Crippen LogP contribution in [0.3, 0.4) is 0 Å². The van der Waals surface area contributed by atoms with Gasteiger partial charge in [0, 0.05) is 37.7 Å². The summed E-state index contributed by atoms with van der Waals surface area (Å²) >= 11 is 0. The van der Waals surface area contributed by atoms with Crippen molar-refractivity contribution in [3.63, 3.8) is 0 Å². The maximum Gasteiger partial charge on any atom is 0.331 e. The number of esters is 2. The predicted molar refractivity (Wildman–Crippen MR) is 233 cm³/mol. The first kappa shape index (κ1) is 51.0. The second kappa shape index (κ2) is 19.8. The molecule has 0 bridgehead atoms. The van der Waals surface area contributed by atoms with Gasteiger partial charge in [0.25, 0.3) is 0 Å². The average Bonchev–Trinajstić information content (AvgIpc) is 3.83. The van der Waals surface area contributed by atoms with E-state index >= 15 is 0 Å². The van der Waals surface area contributed by atoms with Gasteiger partial charge in [-0.1, -0.05) is 13.8 Å². The smallest absolute Gasteiger partial charge is 0.331 e. The number of ether oxygens (including phenoxy) is 10. The molecule has 0 radical (unpaired) electrons. The Morgan fingerprint density at radius 3 is 1.94 bits per heavy atom. The number of hydrogen-bond donors (Lipinski definition) is 7. The van der Waals surface area contributed by atoms with Gasteiger partial charge in [0.1, 0.15) is 55.4 Å². The Morgan fingerprint density at radius 1 is 0.706 bits per heavy atom. The third kappa shape index (κ3) is 9.36. The lowest BCUT2D eigenvalue weighted by molar-refractivity contribution is -0.355. The highest BCUT2D eigenvalue weighted by molar-refractivity contribution is 5.85. The molecule has 4 saturated heterocycles. The Morgan fingerprint density at radius 2 is 1.34 bits per heavy atom. The largest absolute Gasteiger partial charge is 0.459 e. The Hall–Kier alpha value is -1.92. The van der Waals surface area contributed by atoms with E-state index in [4.69, 9.17) is 47.4 Å². The third-order valence-electron chi connectivity index (χ3n) is 18.3. The molecule has 0 spiro atoms. The molecule has 0 aromatic rings. The number of rotatable bonds is 11. The van der Waals surface area contributed by atoms with Gasteiger partial charge >= 0.3 is 11.9 Å². The normalized spacial score (nSPS) is 52.8. The van der Waals surface area contributed by atoms with Gasteiger partial charge < -0.3 is 83.1 Å². The summed E-state index contributed by atoms with van der Waals surface area (Å²) in [5, 5.41) is 76.1. The summed E-state index contributed by atoms with van der Waals surface area (Å²) in [5.74, 6) is 0.357. The summed E-state index contributed by atoms with van der Waals surface area (Å²) in [6, 6.07) is 0. The highest BCUT2D eigenvalue weighted by Gasteiger charge is 2.68. The SMILES string of the molecule is CC(=O)O[C@H]1C[C@@H](O[C@@H]2[C@@H](O)C[C@@H](O[C@@H]3[C@@H](O)C[C@@H](O[C@H]4CC[C@@]5(C)[C@@H](CC[C@H]6[C@H]5CC[C@@]5(C)[C@H](C7=CC(=O)OC7)CC[C@]65O)C4)O[C@@H]3C)O[C@@H]2C)O[C@H](C)[C@@H]1O[C@H]1O[C@@H](CO)[C@H](O)[C@@H](O)[C@@H]1O. The van der Waals surface area contributed by atoms with Crippen LogP contribution >= 0.6 is 0 Å². The van der Waals surface area contributed by atoms with E-state index < -0.39 is 123 Å². The average molecular weight is 969 g/mol. The van der Waals surface area contributed by atoms with E-state index in [9.17, 15) is 45.3 Å². The highest BCUT2D eigenvalue weighted by Crippen LogP contribution is 2.70. The number of fused-ring (bicyclic) bond motifs is 5. The van der Waals surface area contributed by atoms with Crippen molar-refractivity contribution in [2.75, 3.05) is 13.2 Å². The fourth-order valence-electron chi connectivity index (χ4n) is 14.6. The topological polar surface area (TPSA) is 268 Å². The molecule has 0 aromatic heterocycles. The van der Waals surface area contributed by atoms with E-state index in [1.165, 1.54) is 6.92 Å². The van der Waals surface area contributed by atoms with Crippen molar-refractivity contribution in [2.45, 2.75) is 235 Å². The minimum atomic E-state index is -1.68. The molecule has 4 aliphatic carbocycles. The van der Waals surface area contributed by atoms with Crippen molar-refractivity contribution in [1.29, 1.82) is 0 Å². The first-order chi connectivity index (χ1) is 32.2. The molecule has 68 heavy (non-hydrogen) atoms. The number of carbonyl (C=O) groups excluding carboxylic acids is 2. The van der Waals surface area contributed by atoms with Crippen LogP contribution in [0, 0.1) is 34.5 Å². The lowest BCUT2D eigenvalue weighted by atomic mass is 9.43. The minimum absolute atomic E-state index is 0.0126. The maximum atomic E-state index is 12.6. The van der Waals surface area contributed by atoms with Crippen molar-refractivity contribution in [3.05, 3.63) is 11.6 Å². The number of cyclic esters (lactones) is 1. The van der Waals surface area contributed by atoms with E-state index in [1.807, 2.05) is 6.92 Å². The molecule has 0 unspecified atom stereocenters. The van der Waals surface area contributed by atoms with E-state index in [2.05, 4.69) is 13.8 Å². The summed E-state index contributed by atoms with van der Waals surface area (Å²) in [7, 11) is 0. The van der Waals surface area contributed by atoms with E-state index in [0.717, 1.165) is 63.4 Å².